The van der Waals surface area contributed by atoms with E-state index in [2.05, 4.69) is 15.9 Å². The van der Waals surface area contributed by atoms with Crippen molar-refractivity contribution in [2.75, 3.05) is 0 Å². The Morgan fingerprint density at radius 2 is 2.00 bits per heavy atom. The molecule has 62 valence electrons. The van der Waals surface area contributed by atoms with Crippen LogP contribution in [0.4, 0.5) is 8.78 Å². The minimum atomic E-state index is -0.753. The number of hydrogen-bond donors (Lipinski definition) is 0. The van der Waals surface area contributed by atoms with Crippen LogP contribution in [-0.2, 0) is 0 Å². The first-order valence-electron chi connectivity index (χ1n) is 3.21. The van der Waals surface area contributed by atoms with Crippen molar-refractivity contribution in [3.8, 4) is 0 Å². The van der Waals surface area contributed by atoms with Gasteiger partial charge in [0, 0.05) is 14.6 Å². The van der Waals surface area contributed by atoms with Gasteiger partial charge in [-0.15, -0.1) is 11.3 Å². The summed E-state index contributed by atoms with van der Waals surface area (Å²) in [6.07, 6.45) is 0. The third-order valence-electron chi connectivity index (χ3n) is 1.55. The summed E-state index contributed by atoms with van der Waals surface area (Å²) in [5, 5.41) is -0.407. The summed E-state index contributed by atoms with van der Waals surface area (Å²) >= 11 is 4.02. The van der Waals surface area contributed by atoms with Gasteiger partial charge >= 0.3 is 0 Å². The summed E-state index contributed by atoms with van der Waals surface area (Å²) in [7, 11) is 0. The molecule has 0 aliphatic heterocycles. The highest BCUT2D eigenvalue weighted by molar-refractivity contribution is 9.10. The van der Waals surface area contributed by atoms with E-state index in [9.17, 15) is 8.78 Å². The van der Waals surface area contributed by atoms with E-state index in [1.807, 2.05) is 0 Å². The van der Waals surface area contributed by atoms with Crippen molar-refractivity contribution in [2.45, 2.75) is 0 Å². The zero-order chi connectivity index (χ0) is 8.72. The van der Waals surface area contributed by atoms with E-state index in [0.717, 1.165) is 15.8 Å². The fourth-order valence-electron chi connectivity index (χ4n) is 1.01. The molecule has 2 aromatic rings. The Bertz CT molecular complexity index is 436. The molecule has 0 saturated carbocycles. The third kappa shape index (κ3) is 1.15. The highest BCUT2D eigenvalue weighted by Crippen LogP contribution is 2.30. The highest BCUT2D eigenvalue weighted by atomic mass is 79.9. The topological polar surface area (TPSA) is 0 Å². The lowest BCUT2D eigenvalue weighted by Crippen LogP contribution is -1.72. The monoisotopic (exact) mass is 248 g/mol. The van der Waals surface area contributed by atoms with Crippen LogP contribution in [0.2, 0.25) is 0 Å². The van der Waals surface area contributed by atoms with Crippen molar-refractivity contribution >= 4 is 37.4 Å². The molecule has 0 N–H and O–H groups in total. The number of rotatable bonds is 0. The van der Waals surface area contributed by atoms with Crippen LogP contribution in [0.5, 0.6) is 0 Å². The van der Waals surface area contributed by atoms with Crippen LogP contribution in [0.25, 0.3) is 10.1 Å². The van der Waals surface area contributed by atoms with Gasteiger partial charge < -0.3 is 0 Å². The van der Waals surface area contributed by atoms with Gasteiger partial charge in [0.2, 0.25) is 5.13 Å². The zero-order valence-corrected chi connectivity index (χ0v) is 8.18. The summed E-state index contributed by atoms with van der Waals surface area (Å²) in [6, 6.07) is 5.03. The summed E-state index contributed by atoms with van der Waals surface area (Å²) in [6.45, 7) is 0. The van der Waals surface area contributed by atoms with Gasteiger partial charge in [-0.2, -0.15) is 4.39 Å². The van der Waals surface area contributed by atoms with E-state index in [-0.39, 0.29) is 0 Å². The standard InChI is InChI=1S/C8H3BrF2S/c9-4-1-2-6-5(3-4)7(10)8(11)12-6/h1-3H. The molecule has 0 nitrogen and oxygen atoms in total. The number of hydrogen-bond acceptors (Lipinski definition) is 1. The van der Waals surface area contributed by atoms with Crippen LogP contribution in [0, 0.1) is 10.9 Å². The average molecular weight is 249 g/mol. The molecule has 1 aromatic heterocycles. The quantitative estimate of drug-likeness (QED) is 0.663. The van der Waals surface area contributed by atoms with E-state index in [1.165, 1.54) is 0 Å². The molecule has 0 atom stereocenters. The predicted octanol–water partition coefficient (Wildman–Crippen LogP) is 3.94. The van der Waals surface area contributed by atoms with Gasteiger partial charge in [0.1, 0.15) is 0 Å². The molecule has 0 unspecified atom stereocenters. The smallest absolute Gasteiger partial charge is 0.202 e. The second kappa shape index (κ2) is 2.78. The largest absolute Gasteiger partial charge is 0.213 e. The van der Waals surface area contributed by atoms with Gasteiger partial charge in [0.05, 0.1) is 0 Å². The predicted molar refractivity (Wildman–Crippen MR) is 49.4 cm³/mol. The van der Waals surface area contributed by atoms with Gasteiger partial charge in [-0.25, -0.2) is 4.39 Å². The average Bonchev–Trinajstić information content (AvgIpc) is 2.31. The van der Waals surface area contributed by atoms with Crippen molar-refractivity contribution in [3.05, 3.63) is 33.6 Å². The molecule has 0 aliphatic rings. The molecule has 1 heterocycles. The number of fused-ring (bicyclic) bond motifs is 1. The number of benzene rings is 1. The highest BCUT2D eigenvalue weighted by Gasteiger charge is 2.10. The maximum Gasteiger partial charge on any atom is 0.213 e. The van der Waals surface area contributed by atoms with Crippen molar-refractivity contribution in [1.82, 2.24) is 0 Å². The fourth-order valence-corrected chi connectivity index (χ4v) is 2.16. The molecular weight excluding hydrogens is 246 g/mol. The fraction of sp³-hybridized carbons (Fsp3) is 0. The lowest BCUT2D eigenvalue weighted by molar-refractivity contribution is 0.538. The van der Waals surface area contributed by atoms with Crippen molar-refractivity contribution in [1.29, 1.82) is 0 Å². The maximum absolute atomic E-state index is 13.0. The summed E-state index contributed by atoms with van der Waals surface area (Å²) in [5.41, 5.74) is 0. The van der Waals surface area contributed by atoms with E-state index >= 15 is 0 Å². The normalized spacial score (nSPS) is 10.9. The van der Waals surface area contributed by atoms with Crippen LogP contribution >= 0.6 is 27.3 Å². The summed E-state index contributed by atoms with van der Waals surface area (Å²) in [5.74, 6) is -0.753. The molecule has 0 fully saturated rings. The molecule has 0 bridgehead atoms. The minimum absolute atomic E-state index is 0.340. The first kappa shape index (κ1) is 8.13. The van der Waals surface area contributed by atoms with Crippen LogP contribution in [0.1, 0.15) is 0 Å². The van der Waals surface area contributed by atoms with Gasteiger partial charge in [-0.1, -0.05) is 15.9 Å². The second-order valence-electron chi connectivity index (χ2n) is 2.33. The van der Waals surface area contributed by atoms with Crippen molar-refractivity contribution in [2.24, 2.45) is 0 Å². The minimum Gasteiger partial charge on any atom is -0.202 e. The first-order chi connectivity index (χ1) is 5.68. The van der Waals surface area contributed by atoms with Gasteiger partial charge in [0.25, 0.3) is 0 Å². The molecule has 12 heavy (non-hydrogen) atoms. The number of halogens is 3. The van der Waals surface area contributed by atoms with Gasteiger partial charge in [0.15, 0.2) is 5.82 Å². The molecule has 1 aromatic carbocycles. The Morgan fingerprint density at radius 1 is 1.25 bits per heavy atom. The maximum atomic E-state index is 13.0. The lowest BCUT2D eigenvalue weighted by atomic mass is 10.3. The molecular formula is C8H3BrF2S. The second-order valence-corrected chi connectivity index (χ2v) is 4.25. The zero-order valence-electron chi connectivity index (χ0n) is 5.77. The summed E-state index contributed by atoms with van der Waals surface area (Å²) < 4.78 is 27.0. The molecule has 0 aliphatic carbocycles. The van der Waals surface area contributed by atoms with Crippen LogP contribution in [-0.4, -0.2) is 0 Å². The Hall–Kier alpha value is -0.480. The Labute approximate surface area is 80.0 Å². The van der Waals surface area contributed by atoms with E-state index in [4.69, 9.17) is 0 Å². The van der Waals surface area contributed by atoms with Crippen LogP contribution in [0.3, 0.4) is 0 Å². The van der Waals surface area contributed by atoms with Crippen molar-refractivity contribution in [3.63, 3.8) is 0 Å². The first-order valence-corrected chi connectivity index (χ1v) is 4.82. The number of thiophene rings is 1. The van der Waals surface area contributed by atoms with Gasteiger partial charge in [-0.05, 0) is 18.2 Å². The van der Waals surface area contributed by atoms with Crippen molar-refractivity contribution < 1.29 is 8.78 Å². The molecule has 0 radical (unpaired) electrons. The Balaban J connectivity index is 2.88. The molecule has 0 spiro atoms. The molecule has 0 saturated heterocycles. The SMILES string of the molecule is Fc1sc2ccc(Br)cc2c1F. The Morgan fingerprint density at radius 3 is 2.75 bits per heavy atom. The summed E-state index contributed by atoms with van der Waals surface area (Å²) in [4.78, 5) is 0. The van der Waals surface area contributed by atoms with Crippen LogP contribution < -0.4 is 0 Å². The van der Waals surface area contributed by atoms with E-state index < -0.39 is 10.9 Å². The van der Waals surface area contributed by atoms with E-state index in [1.54, 1.807) is 18.2 Å². The van der Waals surface area contributed by atoms with Crippen LogP contribution in [0.15, 0.2) is 22.7 Å². The lowest BCUT2D eigenvalue weighted by Gasteiger charge is -1.89. The Kier molecular flexibility index (Phi) is 1.88. The molecule has 4 heteroatoms. The van der Waals surface area contributed by atoms with Gasteiger partial charge in [-0.3, -0.25) is 0 Å². The van der Waals surface area contributed by atoms with E-state index in [0.29, 0.717) is 10.1 Å². The molecule has 0 amide bonds. The molecule has 2 rings (SSSR count). The third-order valence-corrected chi connectivity index (χ3v) is 2.98.